The van der Waals surface area contributed by atoms with E-state index in [2.05, 4.69) is 31.4 Å². The zero-order valence-electron chi connectivity index (χ0n) is 17.0. The highest BCUT2D eigenvalue weighted by Gasteiger charge is 2.20. The van der Waals surface area contributed by atoms with Crippen molar-refractivity contribution in [3.8, 4) is 23.1 Å². The van der Waals surface area contributed by atoms with E-state index in [0.29, 0.717) is 17.2 Å². The van der Waals surface area contributed by atoms with Crippen LogP contribution in [0.15, 0.2) is 24.7 Å². The number of pyridine rings is 1. The molecule has 3 aromatic rings. The van der Waals surface area contributed by atoms with Gasteiger partial charge in [-0.1, -0.05) is 5.92 Å². The maximum atomic E-state index is 14.6. The summed E-state index contributed by atoms with van der Waals surface area (Å²) in [4.78, 5) is 12.3. The van der Waals surface area contributed by atoms with Crippen LogP contribution in [0.1, 0.15) is 32.4 Å². The summed E-state index contributed by atoms with van der Waals surface area (Å²) in [6, 6.07) is 1.79. The van der Waals surface area contributed by atoms with Crippen LogP contribution in [0.5, 0.6) is 0 Å². The smallest absolute Gasteiger partial charge is 0.220 e. The number of nitrogens with two attached hydrogens (primary N) is 1. The molecule has 1 saturated heterocycles. The predicted octanol–water partition coefficient (Wildman–Crippen LogP) is 2.76. The van der Waals surface area contributed by atoms with Crippen LogP contribution >= 0.6 is 0 Å². The summed E-state index contributed by atoms with van der Waals surface area (Å²) in [5.41, 5.74) is 6.68. The molecule has 1 aliphatic rings. The summed E-state index contributed by atoms with van der Waals surface area (Å²) in [5.74, 6) is 5.57. The second-order valence-corrected chi connectivity index (χ2v) is 8.07. The second kappa shape index (κ2) is 8.01. The van der Waals surface area contributed by atoms with Crippen LogP contribution in [0.3, 0.4) is 0 Å². The molecule has 0 atom stereocenters. The number of anilines is 1. The molecule has 0 radical (unpaired) electrons. The highest BCUT2D eigenvalue weighted by atomic mass is 19.1. The van der Waals surface area contributed by atoms with Crippen LogP contribution in [0, 0.1) is 23.6 Å². The Bertz CT molecular complexity index is 1130. The van der Waals surface area contributed by atoms with Crippen molar-refractivity contribution in [2.45, 2.75) is 38.8 Å². The lowest BCUT2D eigenvalue weighted by Crippen LogP contribution is -2.20. The molecule has 0 unspecified atom stereocenters. The molecule has 156 valence electrons. The van der Waals surface area contributed by atoms with Gasteiger partial charge in [-0.05, 0) is 44.6 Å². The minimum absolute atomic E-state index is 0.00725. The van der Waals surface area contributed by atoms with E-state index in [1.165, 1.54) is 0 Å². The normalized spacial score (nSPS) is 15.2. The zero-order chi connectivity index (χ0) is 21.3. The van der Waals surface area contributed by atoms with Crippen LogP contribution < -0.4 is 5.73 Å². The van der Waals surface area contributed by atoms with E-state index in [4.69, 9.17) is 10.5 Å². The maximum Gasteiger partial charge on any atom is 0.220 e. The number of fused-ring (bicyclic) bond motifs is 1. The fraction of sp³-hybridized carbons (Fsp3) is 0.409. The summed E-state index contributed by atoms with van der Waals surface area (Å²) >= 11 is 0. The molecule has 3 aromatic heterocycles. The number of aliphatic hydroxyl groups is 1. The lowest BCUT2D eigenvalue weighted by molar-refractivity contribution is 0.0616. The average Bonchev–Trinajstić information content (AvgIpc) is 3.06. The third kappa shape index (κ3) is 4.42. The number of nitrogen functional groups attached to an aromatic ring is 1. The topological polar surface area (TPSA) is 99.1 Å². The Kier molecular flexibility index (Phi) is 5.41. The summed E-state index contributed by atoms with van der Waals surface area (Å²) in [6.07, 6.45) is 6.66. The molecule has 0 aliphatic carbocycles. The summed E-state index contributed by atoms with van der Waals surface area (Å²) in [5, 5.41) is 10.7. The minimum atomic E-state index is -1.14. The van der Waals surface area contributed by atoms with Crippen molar-refractivity contribution in [3.63, 3.8) is 0 Å². The van der Waals surface area contributed by atoms with Crippen molar-refractivity contribution in [1.29, 1.82) is 0 Å². The third-order valence-electron chi connectivity index (χ3n) is 5.08. The van der Waals surface area contributed by atoms with E-state index in [9.17, 15) is 9.50 Å². The molecule has 0 bridgehead atoms. The lowest BCUT2D eigenvalue weighted by atomic mass is 10.0. The van der Waals surface area contributed by atoms with Crippen LogP contribution in [0.25, 0.3) is 22.2 Å². The minimum Gasteiger partial charge on any atom is -0.381 e. The van der Waals surface area contributed by atoms with Gasteiger partial charge in [0.25, 0.3) is 0 Å². The van der Waals surface area contributed by atoms with E-state index < -0.39 is 11.4 Å². The van der Waals surface area contributed by atoms with Crippen molar-refractivity contribution in [2.75, 3.05) is 18.9 Å². The van der Waals surface area contributed by atoms with E-state index in [1.807, 2.05) is 6.20 Å². The number of aromatic nitrogens is 4. The molecule has 0 aromatic carbocycles. The molecule has 0 amide bonds. The Morgan fingerprint density at radius 3 is 2.80 bits per heavy atom. The second-order valence-electron chi connectivity index (χ2n) is 8.07. The van der Waals surface area contributed by atoms with Crippen LogP contribution in [-0.2, 0) is 11.3 Å². The molecule has 4 rings (SSSR count). The standard InChI is InChI=1S/C22H24FN5O2/c1-22(2,29)6-3-15-9-16-17(20-18(23)10-26-21(24)27-20)13-28(19(16)11-25-15)12-14-4-7-30-8-5-14/h9-11,13-14,29H,4-5,7-8,12H2,1-2H3,(H2,24,26,27). The average molecular weight is 409 g/mol. The highest BCUT2D eigenvalue weighted by Crippen LogP contribution is 2.32. The van der Waals surface area contributed by atoms with Crippen LogP contribution in [-0.4, -0.2) is 43.4 Å². The zero-order valence-corrected chi connectivity index (χ0v) is 17.0. The lowest BCUT2D eigenvalue weighted by Gasteiger charge is -2.22. The van der Waals surface area contributed by atoms with Gasteiger partial charge in [0.2, 0.25) is 5.95 Å². The van der Waals surface area contributed by atoms with Gasteiger partial charge in [0.15, 0.2) is 5.82 Å². The fourth-order valence-electron chi connectivity index (χ4n) is 3.59. The molecular weight excluding hydrogens is 385 g/mol. The van der Waals surface area contributed by atoms with E-state index in [0.717, 1.165) is 49.7 Å². The fourth-order valence-corrected chi connectivity index (χ4v) is 3.59. The van der Waals surface area contributed by atoms with Crippen molar-refractivity contribution in [1.82, 2.24) is 19.5 Å². The van der Waals surface area contributed by atoms with Crippen LogP contribution in [0.4, 0.5) is 10.3 Å². The first-order valence-electron chi connectivity index (χ1n) is 9.91. The first-order valence-corrected chi connectivity index (χ1v) is 9.91. The van der Waals surface area contributed by atoms with E-state index >= 15 is 0 Å². The molecule has 4 heterocycles. The number of hydrogen-bond acceptors (Lipinski definition) is 6. The molecule has 1 aliphatic heterocycles. The van der Waals surface area contributed by atoms with Gasteiger partial charge in [-0.25, -0.2) is 19.3 Å². The van der Waals surface area contributed by atoms with Crippen LogP contribution in [0.2, 0.25) is 0 Å². The Morgan fingerprint density at radius 1 is 1.30 bits per heavy atom. The van der Waals surface area contributed by atoms with Gasteiger partial charge in [0.1, 0.15) is 17.0 Å². The SMILES string of the molecule is CC(C)(O)C#Cc1cc2c(-c3nc(N)ncc3F)cn(CC3CCOCC3)c2cn1. The molecule has 0 spiro atoms. The van der Waals surface area contributed by atoms with Gasteiger partial charge in [0, 0.05) is 36.9 Å². The predicted molar refractivity (Wildman–Crippen MR) is 112 cm³/mol. The first-order chi connectivity index (χ1) is 14.3. The summed E-state index contributed by atoms with van der Waals surface area (Å²) in [6.45, 7) is 5.49. The van der Waals surface area contributed by atoms with Gasteiger partial charge in [-0.2, -0.15) is 0 Å². The molecule has 0 saturated carbocycles. The Morgan fingerprint density at radius 2 is 2.07 bits per heavy atom. The van der Waals surface area contributed by atoms with Crippen molar-refractivity contribution in [3.05, 3.63) is 36.2 Å². The number of halogens is 1. The van der Waals surface area contributed by atoms with Crippen molar-refractivity contribution < 1.29 is 14.2 Å². The highest BCUT2D eigenvalue weighted by molar-refractivity contribution is 5.95. The third-order valence-corrected chi connectivity index (χ3v) is 5.08. The van der Waals surface area contributed by atoms with E-state index in [-0.39, 0.29) is 11.6 Å². The molecule has 7 nitrogen and oxygen atoms in total. The number of hydrogen-bond donors (Lipinski definition) is 2. The van der Waals surface area contributed by atoms with Gasteiger partial charge in [-0.3, -0.25) is 0 Å². The Balaban J connectivity index is 1.84. The van der Waals surface area contributed by atoms with E-state index in [1.54, 1.807) is 26.1 Å². The van der Waals surface area contributed by atoms with Gasteiger partial charge in [0.05, 0.1) is 17.9 Å². The number of rotatable bonds is 3. The number of nitrogens with zero attached hydrogens (tertiary/aromatic N) is 4. The van der Waals surface area contributed by atoms with Gasteiger partial charge in [-0.15, -0.1) is 0 Å². The maximum absolute atomic E-state index is 14.6. The Hall–Kier alpha value is -3.02. The molecule has 8 heteroatoms. The first kappa shape index (κ1) is 20.3. The monoisotopic (exact) mass is 409 g/mol. The molecule has 1 fully saturated rings. The van der Waals surface area contributed by atoms with Gasteiger partial charge < -0.3 is 20.1 Å². The summed E-state index contributed by atoms with van der Waals surface area (Å²) < 4.78 is 22.1. The van der Waals surface area contributed by atoms with Gasteiger partial charge >= 0.3 is 0 Å². The summed E-state index contributed by atoms with van der Waals surface area (Å²) in [7, 11) is 0. The molecule has 3 N–H and O–H groups in total. The van der Waals surface area contributed by atoms with Crippen molar-refractivity contribution in [2.24, 2.45) is 5.92 Å². The Labute approximate surface area is 174 Å². The largest absolute Gasteiger partial charge is 0.381 e. The molecular formula is C22H24FN5O2. The quantitative estimate of drug-likeness (QED) is 0.646. The number of ether oxygens (including phenoxy) is 1. The molecule has 30 heavy (non-hydrogen) atoms. The van der Waals surface area contributed by atoms with Crippen molar-refractivity contribution >= 4 is 16.9 Å².